The summed E-state index contributed by atoms with van der Waals surface area (Å²) >= 11 is 1.20. The maximum atomic E-state index is 13.6. The molecule has 1 heterocycles. The number of aryl methyl sites for hydroxylation is 1. The molecule has 0 fully saturated rings. The van der Waals surface area contributed by atoms with Crippen LogP contribution < -0.4 is 5.32 Å². The van der Waals surface area contributed by atoms with Crippen LogP contribution in [0.15, 0.2) is 54.6 Å². The van der Waals surface area contributed by atoms with Crippen molar-refractivity contribution in [3.63, 3.8) is 0 Å². The molecule has 0 spiro atoms. The van der Waals surface area contributed by atoms with Crippen molar-refractivity contribution in [2.24, 2.45) is 0 Å². The van der Waals surface area contributed by atoms with E-state index in [-0.39, 0.29) is 5.69 Å². The summed E-state index contributed by atoms with van der Waals surface area (Å²) in [7, 11) is 0. The summed E-state index contributed by atoms with van der Waals surface area (Å²) in [5.41, 5.74) is 1.46. The molecule has 1 N–H and O–H groups in total. The van der Waals surface area contributed by atoms with Crippen molar-refractivity contribution in [2.75, 3.05) is 5.32 Å². The minimum atomic E-state index is -1.08. The first-order valence-corrected chi connectivity index (χ1v) is 9.06. The van der Waals surface area contributed by atoms with Crippen molar-refractivity contribution < 1.29 is 18.7 Å². The van der Waals surface area contributed by atoms with Crippen LogP contribution in [0, 0.1) is 12.7 Å². The molecule has 7 heteroatoms. The number of aromatic nitrogens is 1. The lowest BCUT2D eigenvalue weighted by Crippen LogP contribution is -2.30. The Balaban J connectivity index is 1.69. The van der Waals surface area contributed by atoms with Crippen LogP contribution in [0.25, 0.3) is 10.6 Å². The molecule has 0 bridgehead atoms. The number of hydrogen-bond acceptors (Lipinski definition) is 5. The summed E-state index contributed by atoms with van der Waals surface area (Å²) in [6.45, 7) is 3.15. The molecule has 0 saturated carbocycles. The van der Waals surface area contributed by atoms with Gasteiger partial charge in [-0.1, -0.05) is 42.5 Å². The van der Waals surface area contributed by atoms with E-state index < -0.39 is 23.8 Å². The Hall–Kier alpha value is -3.06. The quantitative estimate of drug-likeness (QED) is 0.660. The first-order chi connectivity index (χ1) is 13.0. The van der Waals surface area contributed by atoms with Crippen LogP contribution >= 0.6 is 11.3 Å². The van der Waals surface area contributed by atoms with Gasteiger partial charge in [0.15, 0.2) is 6.10 Å². The third kappa shape index (κ3) is 4.38. The lowest BCUT2D eigenvalue weighted by atomic mass is 10.2. The Morgan fingerprint density at radius 3 is 2.48 bits per heavy atom. The zero-order valence-corrected chi connectivity index (χ0v) is 15.5. The van der Waals surface area contributed by atoms with Gasteiger partial charge in [0.05, 0.1) is 11.4 Å². The predicted molar refractivity (Wildman–Crippen MR) is 102 cm³/mol. The number of amides is 1. The number of halogens is 1. The zero-order valence-electron chi connectivity index (χ0n) is 14.7. The molecule has 138 valence electrons. The maximum absolute atomic E-state index is 13.6. The molecular formula is C20H17FN2O3S. The Morgan fingerprint density at radius 2 is 1.78 bits per heavy atom. The molecule has 27 heavy (non-hydrogen) atoms. The van der Waals surface area contributed by atoms with Crippen LogP contribution in [0.4, 0.5) is 10.1 Å². The molecule has 1 amide bonds. The Bertz CT molecular complexity index is 972. The van der Waals surface area contributed by atoms with Gasteiger partial charge in [0.2, 0.25) is 0 Å². The molecule has 0 unspecified atom stereocenters. The number of carbonyl (C=O) groups excluding carboxylic acids is 2. The third-order valence-corrected chi connectivity index (χ3v) is 4.97. The van der Waals surface area contributed by atoms with Crippen molar-refractivity contribution >= 4 is 28.9 Å². The number of hydrogen-bond donors (Lipinski definition) is 1. The number of rotatable bonds is 5. The van der Waals surface area contributed by atoms with Crippen LogP contribution in [0.1, 0.15) is 22.3 Å². The number of ether oxygens (including phenoxy) is 1. The van der Waals surface area contributed by atoms with Gasteiger partial charge < -0.3 is 10.1 Å². The average Bonchev–Trinajstić information content (AvgIpc) is 3.06. The van der Waals surface area contributed by atoms with Gasteiger partial charge in [0.25, 0.3) is 5.91 Å². The van der Waals surface area contributed by atoms with E-state index in [1.54, 1.807) is 13.0 Å². The van der Waals surface area contributed by atoms with E-state index in [1.165, 1.54) is 36.5 Å². The molecule has 1 atom stereocenters. The van der Waals surface area contributed by atoms with Crippen LogP contribution in [0.2, 0.25) is 0 Å². The van der Waals surface area contributed by atoms with Crippen LogP contribution in [0.3, 0.4) is 0 Å². The van der Waals surface area contributed by atoms with Gasteiger partial charge >= 0.3 is 5.97 Å². The SMILES string of the molecule is Cc1nc(-c2ccccc2)sc1C(=O)O[C@@H](C)C(=O)Nc1ccccc1F. The lowest BCUT2D eigenvalue weighted by Gasteiger charge is -2.13. The summed E-state index contributed by atoms with van der Waals surface area (Å²) < 4.78 is 18.9. The van der Waals surface area contributed by atoms with Crippen LogP contribution in [-0.4, -0.2) is 23.0 Å². The number of nitrogens with one attached hydrogen (secondary N) is 1. The standard InChI is InChI=1S/C20H17FN2O3S/c1-12-17(27-19(22-12)14-8-4-3-5-9-14)20(25)26-13(2)18(24)23-16-11-7-6-10-15(16)21/h3-11,13H,1-2H3,(H,23,24)/t13-/m0/s1. The van der Waals surface area contributed by atoms with Crippen molar-refractivity contribution in [1.29, 1.82) is 0 Å². The molecule has 5 nitrogen and oxygen atoms in total. The third-order valence-electron chi connectivity index (χ3n) is 3.79. The minimum absolute atomic E-state index is 0.0331. The largest absolute Gasteiger partial charge is 0.448 e. The summed E-state index contributed by atoms with van der Waals surface area (Å²) in [4.78, 5) is 29.3. The number of carbonyl (C=O) groups is 2. The first-order valence-electron chi connectivity index (χ1n) is 8.25. The second kappa shape index (κ2) is 8.09. The highest BCUT2D eigenvalue weighted by Crippen LogP contribution is 2.28. The molecule has 0 aliphatic carbocycles. The van der Waals surface area contributed by atoms with Crippen LogP contribution in [-0.2, 0) is 9.53 Å². The molecule has 3 rings (SSSR count). The number of benzene rings is 2. The fraction of sp³-hybridized carbons (Fsp3) is 0.150. The molecule has 0 saturated heterocycles. The highest BCUT2D eigenvalue weighted by Gasteiger charge is 2.23. The van der Waals surface area contributed by atoms with E-state index in [1.807, 2.05) is 30.3 Å². The van der Waals surface area contributed by atoms with Crippen molar-refractivity contribution in [3.8, 4) is 10.6 Å². The van der Waals surface area contributed by atoms with Gasteiger partial charge in [-0.25, -0.2) is 14.2 Å². The topological polar surface area (TPSA) is 68.3 Å². The minimum Gasteiger partial charge on any atom is -0.448 e. The second-order valence-electron chi connectivity index (χ2n) is 5.82. The normalized spacial score (nSPS) is 11.7. The fourth-order valence-corrected chi connectivity index (χ4v) is 3.31. The molecule has 0 aliphatic rings. The summed E-state index contributed by atoms with van der Waals surface area (Å²) in [6.07, 6.45) is -1.08. The summed E-state index contributed by atoms with van der Waals surface area (Å²) in [5.74, 6) is -1.81. The number of anilines is 1. The number of nitrogens with zero attached hydrogens (tertiary/aromatic N) is 1. The highest BCUT2D eigenvalue weighted by molar-refractivity contribution is 7.17. The smallest absolute Gasteiger partial charge is 0.351 e. The van der Waals surface area contributed by atoms with Gasteiger partial charge in [-0.3, -0.25) is 4.79 Å². The molecule has 3 aromatic rings. The zero-order chi connectivity index (χ0) is 19.4. The number of thiazole rings is 1. The van der Waals surface area contributed by atoms with E-state index in [4.69, 9.17) is 4.74 Å². The van der Waals surface area contributed by atoms with Crippen molar-refractivity contribution in [3.05, 3.63) is 71.0 Å². The van der Waals surface area contributed by atoms with E-state index in [0.717, 1.165) is 5.56 Å². The number of esters is 1. The lowest BCUT2D eigenvalue weighted by molar-refractivity contribution is -0.123. The van der Waals surface area contributed by atoms with Crippen molar-refractivity contribution in [2.45, 2.75) is 20.0 Å². The molecule has 0 radical (unpaired) electrons. The van der Waals surface area contributed by atoms with Crippen LogP contribution in [0.5, 0.6) is 0 Å². The van der Waals surface area contributed by atoms with Gasteiger partial charge in [-0.15, -0.1) is 11.3 Å². The van der Waals surface area contributed by atoms with E-state index in [0.29, 0.717) is 15.6 Å². The van der Waals surface area contributed by atoms with E-state index in [9.17, 15) is 14.0 Å². The summed E-state index contributed by atoms with van der Waals surface area (Å²) in [5, 5.41) is 3.11. The monoisotopic (exact) mass is 384 g/mol. The Labute approximate surface area is 159 Å². The number of para-hydroxylation sites is 1. The fourth-order valence-electron chi connectivity index (χ4n) is 2.35. The maximum Gasteiger partial charge on any atom is 0.351 e. The van der Waals surface area contributed by atoms with Gasteiger partial charge in [0, 0.05) is 5.56 Å². The Kier molecular flexibility index (Phi) is 5.61. The first kappa shape index (κ1) is 18.7. The molecule has 2 aromatic carbocycles. The highest BCUT2D eigenvalue weighted by atomic mass is 32.1. The molecular weight excluding hydrogens is 367 g/mol. The second-order valence-corrected chi connectivity index (χ2v) is 6.82. The Morgan fingerprint density at radius 1 is 1.11 bits per heavy atom. The van der Waals surface area contributed by atoms with Gasteiger partial charge in [-0.2, -0.15) is 0 Å². The van der Waals surface area contributed by atoms with Gasteiger partial charge in [-0.05, 0) is 26.0 Å². The predicted octanol–water partition coefficient (Wildman–Crippen LogP) is 4.44. The van der Waals surface area contributed by atoms with E-state index >= 15 is 0 Å². The van der Waals surface area contributed by atoms with E-state index in [2.05, 4.69) is 10.3 Å². The van der Waals surface area contributed by atoms with Gasteiger partial charge in [0.1, 0.15) is 15.7 Å². The molecule has 1 aromatic heterocycles. The average molecular weight is 384 g/mol. The molecule has 0 aliphatic heterocycles. The van der Waals surface area contributed by atoms with Crippen molar-refractivity contribution in [1.82, 2.24) is 4.98 Å². The summed E-state index contributed by atoms with van der Waals surface area (Å²) in [6, 6.07) is 15.3.